The van der Waals surface area contributed by atoms with Crippen molar-refractivity contribution in [1.29, 1.82) is 0 Å². The van der Waals surface area contributed by atoms with E-state index in [9.17, 15) is 0 Å². The molecule has 0 atom stereocenters. The van der Waals surface area contributed by atoms with Gasteiger partial charge in [-0.15, -0.1) is 24.0 Å². The van der Waals surface area contributed by atoms with E-state index in [2.05, 4.69) is 29.5 Å². The van der Waals surface area contributed by atoms with E-state index in [4.69, 9.17) is 14.2 Å². The molecule has 1 aromatic rings. The predicted octanol–water partition coefficient (Wildman–Crippen LogP) is 3.09. The number of nitrogens with zero attached hydrogens (tertiary/aromatic N) is 1. The maximum absolute atomic E-state index is 5.59. The number of guanidine groups is 1. The number of ether oxygens (including phenoxy) is 3. The molecule has 150 valence electrons. The highest BCUT2D eigenvalue weighted by Crippen LogP contribution is 2.27. The van der Waals surface area contributed by atoms with E-state index < -0.39 is 0 Å². The zero-order valence-corrected chi connectivity index (χ0v) is 19.0. The molecule has 0 spiro atoms. The Bertz CT molecular complexity index is 525. The van der Waals surface area contributed by atoms with Gasteiger partial charge in [0.2, 0.25) is 0 Å². The van der Waals surface area contributed by atoms with Crippen molar-refractivity contribution in [3.63, 3.8) is 0 Å². The highest BCUT2D eigenvalue weighted by molar-refractivity contribution is 14.0. The summed E-state index contributed by atoms with van der Waals surface area (Å²) in [6.45, 7) is 7.42. The molecule has 0 aliphatic rings. The lowest BCUT2D eigenvalue weighted by Crippen LogP contribution is -2.39. The molecule has 0 unspecified atom stereocenters. The fourth-order valence-corrected chi connectivity index (χ4v) is 2.24. The molecular formula is C19H34IN3O3. The lowest BCUT2D eigenvalue weighted by Gasteiger charge is -2.13. The fraction of sp³-hybridized carbons (Fsp3) is 0.632. The average Bonchev–Trinajstić information content (AvgIpc) is 2.62. The Morgan fingerprint density at radius 2 is 1.73 bits per heavy atom. The third-order valence-corrected chi connectivity index (χ3v) is 3.76. The van der Waals surface area contributed by atoms with E-state index in [-0.39, 0.29) is 24.0 Å². The SMILES string of the molecule is CN=C(NCCOCCC(C)C)NCCc1ccc(OC)c(OC)c1.I. The molecule has 1 aromatic carbocycles. The van der Waals surface area contributed by atoms with Crippen LogP contribution in [0.1, 0.15) is 25.8 Å². The first-order valence-electron chi connectivity index (χ1n) is 8.83. The maximum atomic E-state index is 5.59. The van der Waals surface area contributed by atoms with Gasteiger partial charge in [0.25, 0.3) is 0 Å². The van der Waals surface area contributed by atoms with Crippen molar-refractivity contribution in [3.05, 3.63) is 23.8 Å². The number of methoxy groups -OCH3 is 2. The molecule has 6 nitrogen and oxygen atoms in total. The minimum absolute atomic E-state index is 0. The molecule has 0 heterocycles. The van der Waals surface area contributed by atoms with Crippen molar-refractivity contribution in [1.82, 2.24) is 10.6 Å². The van der Waals surface area contributed by atoms with Gasteiger partial charge in [0.15, 0.2) is 17.5 Å². The van der Waals surface area contributed by atoms with Crippen molar-refractivity contribution in [2.45, 2.75) is 26.7 Å². The summed E-state index contributed by atoms with van der Waals surface area (Å²) in [6.07, 6.45) is 1.96. The molecule has 0 amide bonds. The van der Waals surface area contributed by atoms with Crippen LogP contribution in [0.4, 0.5) is 0 Å². The topological polar surface area (TPSA) is 64.1 Å². The summed E-state index contributed by atoms with van der Waals surface area (Å²) in [6, 6.07) is 5.97. The Labute approximate surface area is 175 Å². The Balaban J connectivity index is 0.00000625. The van der Waals surface area contributed by atoms with Gasteiger partial charge in [-0.3, -0.25) is 4.99 Å². The maximum Gasteiger partial charge on any atom is 0.191 e. The van der Waals surface area contributed by atoms with Gasteiger partial charge < -0.3 is 24.8 Å². The van der Waals surface area contributed by atoms with Crippen LogP contribution in [0, 0.1) is 5.92 Å². The minimum Gasteiger partial charge on any atom is -0.493 e. The van der Waals surface area contributed by atoms with Crippen LogP contribution in [0.15, 0.2) is 23.2 Å². The van der Waals surface area contributed by atoms with Crippen molar-refractivity contribution in [2.75, 3.05) is 47.6 Å². The second-order valence-electron chi connectivity index (χ2n) is 6.16. The Hall–Kier alpha value is -1.22. The molecule has 0 bridgehead atoms. The van der Waals surface area contributed by atoms with Gasteiger partial charge in [0.05, 0.1) is 20.8 Å². The van der Waals surface area contributed by atoms with Crippen LogP contribution in [0.2, 0.25) is 0 Å². The number of hydrogen-bond donors (Lipinski definition) is 2. The first-order chi connectivity index (χ1) is 12.1. The van der Waals surface area contributed by atoms with Gasteiger partial charge in [-0.05, 0) is 36.5 Å². The smallest absolute Gasteiger partial charge is 0.191 e. The summed E-state index contributed by atoms with van der Waals surface area (Å²) in [5.74, 6) is 2.96. The molecule has 7 heteroatoms. The van der Waals surface area contributed by atoms with Crippen LogP contribution in [0.3, 0.4) is 0 Å². The quantitative estimate of drug-likeness (QED) is 0.221. The van der Waals surface area contributed by atoms with E-state index in [1.165, 1.54) is 5.56 Å². The summed E-state index contributed by atoms with van der Waals surface area (Å²) in [7, 11) is 5.06. The van der Waals surface area contributed by atoms with E-state index in [1.54, 1.807) is 21.3 Å². The zero-order chi connectivity index (χ0) is 18.5. The first-order valence-corrected chi connectivity index (χ1v) is 8.83. The summed E-state index contributed by atoms with van der Waals surface area (Å²) >= 11 is 0. The number of benzene rings is 1. The molecule has 0 fully saturated rings. The highest BCUT2D eigenvalue weighted by atomic mass is 127. The van der Waals surface area contributed by atoms with Crippen molar-refractivity contribution in [2.24, 2.45) is 10.9 Å². The second-order valence-corrected chi connectivity index (χ2v) is 6.16. The van der Waals surface area contributed by atoms with Gasteiger partial charge >= 0.3 is 0 Å². The lowest BCUT2D eigenvalue weighted by molar-refractivity contribution is 0.128. The van der Waals surface area contributed by atoms with E-state index >= 15 is 0 Å². The van der Waals surface area contributed by atoms with Crippen LogP contribution in [-0.4, -0.2) is 53.5 Å². The molecule has 0 saturated heterocycles. The molecule has 0 aromatic heterocycles. The number of nitrogens with one attached hydrogen (secondary N) is 2. The van der Waals surface area contributed by atoms with Crippen LogP contribution in [0.5, 0.6) is 11.5 Å². The molecule has 0 aliphatic heterocycles. The number of halogens is 1. The Morgan fingerprint density at radius 3 is 2.35 bits per heavy atom. The molecular weight excluding hydrogens is 445 g/mol. The van der Waals surface area contributed by atoms with Crippen LogP contribution in [0.25, 0.3) is 0 Å². The van der Waals surface area contributed by atoms with Crippen molar-refractivity contribution in [3.8, 4) is 11.5 Å². The summed E-state index contributed by atoms with van der Waals surface area (Å²) in [5.41, 5.74) is 1.18. The third kappa shape index (κ3) is 10.1. The molecule has 0 saturated carbocycles. The average molecular weight is 479 g/mol. The van der Waals surface area contributed by atoms with Gasteiger partial charge in [-0.1, -0.05) is 19.9 Å². The monoisotopic (exact) mass is 479 g/mol. The predicted molar refractivity (Wildman–Crippen MR) is 118 cm³/mol. The third-order valence-electron chi connectivity index (χ3n) is 3.76. The van der Waals surface area contributed by atoms with E-state index in [1.807, 2.05) is 18.2 Å². The van der Waals surface area contributed by atoms with Gasteiger partial charge in [-0.2, -0.15) is 0 Å². The Morgan fingerprint density at radius 1 is 1.04 bits per heavy atom. The van der Waals surface area contributed by atoms with E-state index in [0.29, 0.717) is 12.5 Å². The van der Waals surface area contributed by atoms with Crippen molar-refractivity contribution >= 4 is 29.9 Å². The van der Waals surface area contributed by atoms with Crippen LogP contribution >= 0.6 is 24.0 Å². The zero-order valence-electron chi connectivity index (χ0n) is 16.6. The summed E-state index contributed by atoms with van der Waals surface area (Å²) in [5, 5.41) is 6.56. The van der Waals surface area contributed by atoms with E-state index in [0.717, 1.165) is 50.0 Å². The molecule has 0 aliphatic carbocycles. The normalized spacial score (nSPS) is 11.1. The molecule has 1 rings (SSSR count). The standard InChI is InChI=1S/C19H33N3O3.HI/c1-15(2)9-12-25-13-11-22-19(20-3)21-10-8-16-6-7-17(23-4)18(14-16)24-5;/h6-7,14-15H,8-13H2,1-5H3,(H2,20,21,22);1H. The second kappa shape index (κ2) is 14.9. The van der Waals surface area contributed by atoms with Gasteiger partial charge in [0.1, 0.15) is 0 Å². The highest BCUT2D eigenvalue weighted by Gasteiger charge is 2.05. The molecule has 0 radical (unpaired) electrons. The number of rotatable bonds is 11. The lowest BCUT2D eigenvalue weighted by atomic mass is 10.1. The fourth-order valence-electron chi connectivity index (χ4n) is 2.24. The Kier molecular flexibility index (Phi) is 14.2. The minimum atomic E-state index is 0. The van der Waals surface area contributed by atoms with Crippen LogP contribution in [-0.2, 0) is 11.2 Å². The van der Waals surface area contributed by atoms with Crippen molar-refractivity contribution < 1.29 is 14.2 Å². The first kappa shape index (κ1) is 24.8. The molecule has 26 heavy (non-hydrogen) atoms. The number of aliphatic imine (C=N–C) groups is 1. The largest absolute Gasteiger partial charge is 0.493 e. The summed E-state index contributed by atoms with van der Waals surface area (Å²) < 4.78 is 16.2. The van der Waals surface area contributed by atoms with Crippen LogP contribution < -0.4 is 20.1 Å². The van der Waals surface area contributed by atoms with Gasteiger partial charge in [0, 0.05) is 26.7 Å². The summed E-state index contributed by atoms with van der Waals surface area (Å²) in [4.78, 5) is 4.22. The molecule has 2 N–H and O–H groups in total. The number of hydrogen-bond acceptors (Lipinski definition) is 4. The van der Waals surface area contributed by atoms with Gasteiger partial charge in [-0.25, -0.2) is 0 Å².